The number of nitrogens with one attached hydrogen (secondary N) is 2. The van der Waals surface area contributed by atoms with Crippen LogP contribution >= 0.6 is 11.6 Å². The highest BCUT2D eigenvalue weighted by Crippen LogP contribution is 2.19. The Balaban J connectivity index is 1.79. The maximum absolute atomic E-state index is 14.0. The van der Waals surface area contributed by atoms with Crippen LogP contribution in [0.2, 0.25) is 5.02 Å². The van der Waals surface area contributed by atoms with Gasteiger partial charge in [0.05, 0.1) is 12.0 Å². The molecule has 0 fully saturated rings. The summed E-state index contributed by atoms with van der Waals surface area (Å²) in [6.07, 6.45) is 1.60. The molecule has 0 saturated carbocycles. The summed E-state index contributed by atoms with van der Waals surface area (Å²) in [7, 11) is 0. The highest BCUT2D eigenvalue weighted by atomic mass is 35.5. The van der Waals surface area contributed by atoms with Gasteiger partial charge >= 0.3 is 0 Å². The molecule has 27 heavy (non-hydrogen) atoms. The fourth-order valence-electron chi connectivity index (χ4n) is 2.51. The van der Waals surface area contributed by atoms with Gasteiger partial charge in [-0.1, -0.05) is 41.9 Å². The summed E-state index contributed by atoms with van der Waals surface area (Å²) in [5, 5.41) is 5.34. The van der Waals surface area contributed by atoms with Crippen molar-refractivity contribution in [3.8, 4) is 0 Å². The summed E-state index contributed by atoms with van der Waals surface area (Å²) in [6.45, 7) is 0. The normalized spacial score (nSPS) is 11.6. The van der Waals surface area contributed by atoms with Gasteiger partial charge in [0.15, 0.2) is 5.76 Å². The zero-order chi connectivity index (χ0) is 19.2. The minimum atomic E-state index is -0.930. The van der Waals surface area contributed by atoms with Crippen LogP contribution in [-0.2, 0) is 11.2 Å². The van der Waals surface area contributed by atoms with Crippen molar-refractivity contribution in [3.63, 3.8) is 0 Å². The molecule has 0 aliphatic heterocycles. The minimum Gasteiger partial charge on any atom is -0.459 e. The van der Waals surface area contributed by atoms with Crippen molar-refractivity contribution in [3.05, 3.63) is 89.1 Å². The minimum absolute atomic E-state index is 0.0188. The molecule has 2 amide bonds. The molecule has 3 rings (SSSR count). The largest absolute Gasteiger partial charge is 0.459 e. The first kappa shape index (κ1) is 18.7. The molecule has 0 spiro atoms. The van der Waals surface area contributed by atoms with E-state index in [9.17, 15) is 14.0 Å². The van der Waals surface area contributed by atoms with Crippen LogP contribution in [0.3, 0.4) is 0 Å². The molecule has 1 atom stereocenters. The van der Waals surface area contributed by atoms with Crippen LogP contribution in [0.4, 0.5) is 10.1 Å². The van der Waals surface area contributed by atoms with E-state index >= 15 is 0 Å². The van der Waals surface area contributed by atoms with Crippen molar-refractivity contribution in [2.75, 3.05) is 5.32 Å². The van der Waals surface area contributed by atoms with Gasteiger partial charge < -0.3 is 15.1 Å². The summed E-state index contributed by atoms with van der Waals surface area (Å²) >= 11 is 5.73. The van der Waals surface area contributed by atoms with Gasteiger partial charge in [-0.05, 0) is 35.9 Å². The van der Waals surface area contributed by atoms with Gasteiger partial charge in [-0.25, -0.2) is 4.39 Å². The lowest BCUT2D eigenvalue weighted by atomic mass is 10.0. The molecule has 7 heteroatoms. The van der Waals surface area contributed by atoms with Crippen LogP contribution < -0.4 is 10.6 Å². The Kier molecular flexibility index (Phi) is 5.88. The number of anilines is 1. The fraction of sp³-hybridized carbons (Fsp3) is 0.100. The number of rotatable bonds is 6. The molecule has 0 radical (unpaired) electrons. The third-order valence-corrected chi connectivity index (χ3v) is 4.07. The Bertz CT molecular complexity index is 930. The first-order chi connectivity index (χ1) is 13.0. The molecule has 1 unspecified atom stereocenters. The predicted molar refractivity (Wildman–Crippen MR) is 100 cm³/mol. The lowest BCUT2D eigenvalue weighted by Crippen LogP contribution is -2.45. The molecular formula is C20H16ClFN2O3. The molecule has 0 aliphatic carbocycles. The van der Waals surface area contributed by atoms with E-state index < -0.39 is 23.7 Å². The number of amides is 2. The van der Waals surface area contributed by atoms with Crippen molar-refractivity contribution < 1.29 is 18.4 Å². The Morgan fingerprint density at radius 2 is 1.85 bits per heavy atom. The number of carbonyl (C=O) groups excluding carboxylic acids is 2. The number of hydrogen-bond acceptors (Lipinski definition) is 3. The van der Waals surface area contributed by atoms with Crippen molar-refractivity contribution in [2.24, 2.45) is 0 Å². The van der Waals surface area contributed by atoms with Crippen LogP contribution in [0, 0.1) is 5.82 Å². The van der Waals surface area contributed by atoms with Crippen LogP contribution in [0.15, 0.2) is 71.3 Å². The van der Waals surface area contributed by atoms with E-state index in [4.69, 9.17) is 16.0 Å². The van der Waals surface area contributed by atoms with Gasteiger partial charge in [-0.15, -0.1) is 0 Å². The maximum Gasteiger partial charge on any atom is 0.287 e. The zero-order valence-corrected chi connectivity index (χ0v) is 14.9. The first-order valence-electron chi connectivity index (χ1n) is 8.17. The van der Waals surface area contributed by atoms with Crippen LogP contribution in [-0.4, -0.2) is 17.9 Å². The van der Waals surface area contributed by atoms with Gasteiger partial charge in [-0.2, -0.15) is 0 Å². The van der Waals surface area contributed by atoms with E-state index in [1.54, 1.807) is 6.07 Å². The number of halogens is 2. The van der Waals surface area contributed by atoms with Crippen LogP contribution in [0.25, 0.3) is 0 Å². The predicted octanol–water partition coefficient (Wildman–Crippen LogP) is 4.05. The Morgan fingerprint density at radius 1 is 1.07 bits per heavy atom. The van der Waals surface area contributed by atoms with E-state index in [-0.39, 0.29) is 22.9 Å². The topological polar surface area (TPSA) is 71.3 Å². The molecule has 1 heterocycles. The third-order valence-electron chi connectivity index (χ3n) is 3.84. The quantitative estimate of drug-likeness (QED) is 0.671. The van der Waals surface area contributed by atoms with E-state index in [0.717, 1.165) is 11.6 Å². The highest BCUT2D eigenvalue weighted by Gasteiger charge is 2.24. The van der Waals surface area contributed by atoms with Crippen molar-refractivity contribution >= 4 is 29.1 Å². The number of hydrogen-bond donors (Lipinski definition) is 2. The van der Waals surface area contributed by atoms with Gasteiger partial charge in [0.1, 0.15) is 11.9 Å². The number of benzene rings is 2. The molecule has 0 aliphatic rings. The molecule has 3 aromatic rings. The summed E-state index contributed by atoms with van der Waals surface area (Å²) in [4.78, 5) is 25.0. The lowest BCUT2D eigenvalue weighted by Gasteiger charge is -2.18. The van der Waals surface area contributed by atoms with Crippen molar-refractivity contribution in [1.29, 1.82) is 0 Å². The van der Waals surface area contributed by atoms with E-state index in [0.29, 0.717) is 0 Å². The molecule has 5 nitrogen and oxygen atoms in total. The molecule has 2 N–H and O–H groups in total. The third kappa shape index (κ3) is 4.95. The zero-order valence-electron chi connectivity index (χ0n) is 14.1. The summed E-state index contributed by atoms with van der Waals surface area (Å²) in [6, 6.07) is 15.3. The molecule has 0 bridgehead atoms. The summed E-state index contributed by atoms with van der Waals surface area (Å²) in [5.74, 6) is -1.67. The second-order valence-corrected chi connectivity index (χ2v) is 6.24. The Morgan fingerprint density at radius 3 is 2.52 bits per heavy atom. The average molecular weight is 387 g/mol. The molecule has 2 aromatic carbocycles. The number of carbonyl (C=O) groups is 2. The second kappa shape index (κ2) is 8.51. The second-order valence-electron chi connectivity index (χ2n) is 5.81. The first-order valence-corrected chi connectivity index (χ1v) is 8.55. The number of furan rings is 1. The molecular weight excluding hydrogens is 371 g/mol. The SMILES string of the molecule is O=C(NC(Cc1ccccc1)C(=O)Nc1ccc(Cl)cc1F)c1ccco1. The highest BCUT2D eigenvalue weighted by molar-refractivity contribution is 6.30. The van der Waals surface area contributed by atoms with Gasteiger partial charge in [0.2, 0.25) is 5.91 Å². The Labute approximate surface area is 160 Å². The van der Waals surface area contributed by atoms with E-state index in [1.165, 1.54) is 24.5 Å². The Hall–Kier alpha value is -3.12. The molecule has 0 saturated heterocycles. The van der Waals surface area contributed by atoms with Gasteiger partial charge in [-0.3, -0.25) is 9.59 Å². The van der Waals surface area contributed by atoms with Gasteiger partial charge in [0, 0.05) is 11.4 Å². The molecule has 1 aromatic heterocycles. The summed E-state index contributed by atoms with van der Waals surface area (Å²) in [5.41, 5.74) is 0.823. The summed E-state index contributed by atoms with van der Waals surface area (Å²) < 4.78 is 19.0. The molecule has 138 valence electrons. The van der Waals surface area contributed by atoms with Crippen LogP contribution in [0.5, 0.6) is 0 Å². The smallest absolute Gasteiger partial charge is 0.287 e. The monoisotopic (exact) mass is 386 g/mol. The lowest BCUT2D eigenvalue weighted by molar-refractivity contribution is -0.118. The fourth-order valence-corrected chi connectivity index (χ4v) is 2.67. The van der Waals surface area contributed by atoms with Crippen LogP contribution in [0.1, 0.15) is 16.1 Å². The van der Waals surface area contributed by atoms with Crippen molar-refractivity contribution in [2.45, 2.75) is 12.5 Å². The standard InChI is InChI=1S/C20H16ClFN2O3/c21-14-8-9-16(15(22)12-14)23-19(25)17(11-13-5-2-1-3-6-13)24-20(26)18-7-4-10-27-18/h1-10,12,17H,11H2,(H,23,25)(H,24,26). The van der Waals surface area contributed by atoms with E-state index in [1.807, 2.05) is 30.3 Å². The maximum atomic E-state index is 14.0. The van der Waals surface area contributed by atoms with E-state index in [2.05, 4.69) is 10.6 Å². The average Bonchev–Trinajstić information content (AvgIpc) is 3.19. The van der Waals surface area contributed by atoms with Crippen molar-refractivity contribution in [1.82, 2.24) is 5.32 Å². The van der Waals surface area contributed by atoms with Gasteiger partial charge in [0.25, 0.3) is 5.91 Å².